The first-order valence-electron chi connectivity index (χ1n) is 6.31. The summed E-state index contributed by atoms with van der Waals surface area (Å²) in [6, 6.07) is 5.75. The van der Waals surface area contributed by atoms with E-state index in [2.05, 4.69) is 30.6 Å². The highest BCUT2D eigenvalue weighted by Crippen LogP contribution is 2.11. The standard InChI is InChI=1S/C13H15N7/c1-9-7-10(2)20(19-9)12-4-5-14-13(17-12)15-8-11-3-6-16-18-11/h3-7H,8H2,1-2H3,(H,16,18)(H,14,15,17). The Hall–Kier alpha value is -2.70. The van der Waals surface area contributed by atoms with E-state index >= 15 is 0 Å². The van der Waals surface area contributed by atoms with Crippen molar-refractivity contribution >= 4 is 5.95 Å². The Balaban J connectivity index is 1.80. The van der Waals surface area contributed by atoms with Crippen molar-refractivity contribution in [3.05, 3.63) is 47.7 Å². The number of H-pyrrole nitrogens is 1. The fourth-order valence-electron chi connectivity index (χ4n) is 1.97. The topological polar surface area (TPSA) is 84.3 Å². The molecule has 7 heteroatoms. The van der Waals surface area contributed by atoms with Gasteiger partial charge in [0.15, 0.2) is 5.82 Å². The number of aromatic nitrogens is 6. The van der Waals surface area contributed by atoms with Gasteiger partial charge in [0.2, 0.25) is 5.95 Å². The van der Waals surface area contributed by atoms with E-state index in [1.807, 2.05) is 32.0 Å². The van der Waals surface area contributed by atoms with E-state index in [1.165, 1.54) is 0 Å². The number of rotatable bonds is 4. The molecule has 20 heavy (non-hydrogen) atoms. The molecule has 0 aliphatic heterocycles. The average molecular weight is 269 g/mol. The first-order valence-corrected chi connectivity index (χ1v) is 6.31. The van der Waals surface area contributed by atoms with Crippen LogP contribution in [-0.2, 0) is 6.54 Å². The van der Waals surface area contributed by atoms with E-state index in [-0.39, 0.29) is 0 Å². The molecule has 3 aromatic rings. The van der Waals surface area contributed by atoms with Gasteiger partial charge in [-0.2, -0.15) is 15.2 Å². The number of nitrogens with zero attached hydrogens (tertiary/aromatic N) is 5. The summed E-state index contributed by atoms with van der Waals surface area (Å²) in [5.41, 5.74) is 2.99. The summed E-state index contributed by atoms with van der Waals surface area (Å²) < 4.78 is 1.80. The first kappa shape index (κ1) is 12.3. The molecule has 3 rings (SSSR count). The van der Waals surface area contributed by atoms with Gasteiger partial charge in [-0.1, -0.05) is 0 Å². The van der Waals surface area contributed by atoms with E-state index in [0.717, 1.165) is 22.9 Å². The van der Waals surface area contributed by atoms with Gasteiger partial charge < -0.3 is 5.32 Å². The number of anilines is 1. The van der Waals surface area contributed by atoms with E-state index in [9.17, 15) is 0 Å². The van der Waals surface area contributed by atoms with Crippen LogP contribution in [0.2, 0.25) is 0 Å². The van der Waals surface area contributed by atoms with E-state index in [0.29, 0.717) is 12.5 Å². The monoisotopic (exact) mass is 269 g/mol. The average Bonchev–Trinajstić information content (AvgIpc) is 3.06. The molecule has 0 aliphatic rings. The fourth-order valence-corrected chi connectivity index (χ4v) is 1.97. The number of nitrogens with one attached hydrogen (secondary N) is 2. The second kappa shape index (κ2) is 5.12. The molecule has 3 aromatic heterocycles. The molecule has 0 bridgehead atoms. The van der Waals surface area contributed by atoms with Gasteiger partial charge in [-0.15, -0.1) is 0 Å². The van der Waals surface area contributed by atoms with Gasteiger partial charge in [0.1, 0.15) is 0 Å². The SMILES string of the molecule is Cc1cc(C)n(-c2ccnc(NCc3ccn[nH]3)n2)n1. The van der Waals surface area contributed by atoms with Gasteiger partial charge >= 0.3 is 0 Å². The maximum atomic E-state index is 4.46. The van der Waals surface area contributed by atoms with Crippen molar-refractivity contribution in [2.45, 2.75) is 20.4 Å². The van der Waals surface area contributed by atoms with Crippen LogP contribution in [0.15, 0.2) is 30.6 Å². The van der Waals surface area contributed by atoms with Crippen molar-refractivity contribution in [1.29, 1.82) is 0 Å². The minimum atomic E-state index is 0.560. The predicted molar refractivity (Wildman–Crippen MR) is 74.5 cm³/mol. The fraction of sp³-hybridized carbons (Fsp3) is 0.231. The van der Waals surface area contributed by atoms with Crippen LogP contribution in [0.3, 0.4) is 0 Å². The molecule has 0 spiro atoms. The van der Waals surface area contributed by atoms with Gasteiger partial charge in [-0.05, 0) is 26.0 Å². The Morgan fingerprint density at radius 2 is 2.15 bits per heavy atom. The zero-order chi connectivity index (χ0) is 13.9. The van der Waals surface area contributed by atoms with Crippen LogP contribution in [0.5, 0.6) is 0 Å². The Morgan fingerprint density at radius 3 is 2.85 bits per heavy atom. The molecule has 0 atom stereocenters. The number of hydrogen-bond acceptors (Lipinski definition) is 5. The predicted octanol–water partition coefficient (Wildman–Crippen LogP) is 1.61. The third-order valence-electron chi connectivity index (χ3n) is 2.86. The van der Waals surface area contributed by atoms with Gasteiger partial charge in [0, 0.05) is 24.2 Å². The van der Waals surface area contributed by atoms with Gasteiger partial charge in [-0.3, -0.25) is 5.10 Å². The largest absolute Gasteiger partial charge is 0.349 e. The minimum Gasteiger partial charge on any atom is -0.349 e. The van der Waals surface area contributed by atoms with Gasteiger partial charge in [-0.25, -0.2) is 9.67 Å². The Labute approximate surface area is 116 Å². The highest BCUT2D eigenvalue weighted by molar-refractivity contribution is 5.33. The molecule has 0 radical (unpaired) electrons. The molecule has 7 nitrogen and oxygen atoms in total. The molecule has 102 valence electrons. The lowest BCUT2D eigenvalue weighted by molar-refractivity contribution is 0.800. The lowest BCUT2D eigenvalue weighted by atomic mass is 10.4. The summed E-state index contributed by atoms with van der Waals surface area (Å²) in [4.78, 5) is 8.66. The third kappa shape index (κ3) is 2.51. The zero-order valence-electron chi connectivity index (χ0n) is 11.3. The zero-order valence-corrected chi connectivity index (χ0v) is 11.3. The summed E-state index contributed by atoms with van der Waals surface area (Å²) >= 11 is 0. The molecule has 0 fully saturated rings. The summed E-state index contributed by atoms with van der Waals surface area (Å²) in [6.45, 7) is 4.56. The van der Waals surface area contributed by atoms with Crippen LogP contribution in [0.4, 0.5) is 5.95 Å². The molecule has 3 heterocycles. The molecule has 0 unspecified atom stereocenters. The van der Waals surface area contributed by atoms with Crippen LogP contribution in [0, 0.1) is 13.8 Å². The molecular formula is C13H15N7. The summed E-state index contributed by atoms with van der Waals surface area (Å²) in [6.07, 6.45) is 3.43. The molecule has 0 saturated heterocycles. The second-order valence-corrected chi connectivity index (χ2v) is 4.51. The lowest BCUT2D eigenvalue weighted by Crippen LogP contribution is -2.08. The molecule has 0 saturated carbocycles. The van der Waals surface area contributed by atoms with Crippen molar-refractivity contribution in [3.63, 3.8) is 0 Å². The first-order chi connectivity index (χ1) is 9.72. The van der Waals surface area contributed by atoms with Gasteiger partial charge in [0.25, 0.3) is 0 Å². The maximum absolute atomic E-state index is 4.46. The smallest absolute Gasteiger partial charge is 0.224 e. The summed E-state index contributed by atoms with van der Waals surface area (Å²) in [5, 5.41) is 14.3. The normalized spacial score (nSPS) is 10.7. The molecule has 0 amide bonds. The van der Waals surface area contributed by atoms with Crippen molar-refractivity contribution in [3.8, 4) is 5.82 Å². The number of hydrogen-bond donors (Lipinski definition) is 2. The second-order valence-electron chi connectivity index (χ2n) is 4.51. The Bertz CT molecular complexity index is 699. The number of aromatic amines is 1. The van der Waals surface area contributed by atoms with Crippen molar-refractivity contribution in [1.82, 2.24) is 29.9 Å². The van der Waals surface area contributed by atoms with Crippen molar-refractivity contribution < 1.29 is 0 Å². The maximum Gasteiger partial charge on any atom is 0.224 e. The summed E-state index contributed by atoms with van der Waals surface area (Å²) in [5.74, 6) is 1.31. The third-order valence-corrected chi connectivity index (χ3v) is 2.86. The van der Waals surface area contributed by atoms with Crippen LogP contribution < -0.4 is 5.32 Å². The highest BCUT2D eigenvalue weighted by Gasteiger charge is 2.06. The Morgan fingerprint density at radius 1 is 1.25 bits per heavy atom. The molecule has 2 N–H and O–H groups in total. The lowest BCUT2D eigenvalue weighted by Gasteiger charge is -2.06. The van der Waals surface area contributed by atoms with Crippen molar-refractivity contribution in [2.75, 3.05) is 5.32 Å². The Kier molecular flexibility index (Phi) is 3.16. The molecule has 0 aromatic carbocycles. The molecule has 0 aliphatic carbocycles. The van der Waals surface area contributed by atoms with E-state index in [1.54, 1.807) is 17.1 Å². The quantitative estimate of drug-likeness (QED) is 0.751. The van der Waals surface area contributed by atoms with E-state index < -0.39 is 0 Å². The van der Waals surface area contributed by atoms with Crippen LogP contribution in [-0.4, -0.2) is 29.9 Å². The van der Waals surface area contributed by atoms with Gasteiger partial charge in [0.05, 0.1) is 17.9 Å². The minimum absolute atomic E-state index is 0.560. The summed E-state index contributed by atoms with van der Waals surface area (Å²) in [7, 11) is 0. The van der Waals surface area contributed by atoms with Crippen molar-refractivity contribution in [2.24, 2.45) is 0 Å². The molecular weight excluding hydrogens is 254 g/mol. The van der Waals surface area contributed by atoms with Crippen LogP contribution in [0.25, 0.3) is 5.82 Å². The van der Waals surface area contributed by atoms with E-state index in [4.69, 9.17) is 0 Å². The van der Waals surface area contributed by atoms with Crippen LogP contribution in [0.1, 0.15) is 17.1 Å². The number of aryl methyl sites for hydroxylation is 2. The van der Waals surface area contributed by atoms with Crippen LogP contribution >= 0.6 is 0 Å². The highest BCUT2D eigenvalue weighted by atomic mass is 15.3.